The third-order valence-electron chi connectivity index (χ3n) is 3.17. The highest BCUT2D eigenvalue weighted by molar-refractivity contribution is 9.10. The number of hydrogen-bond acceptors (Lipinski definition) is 2. The summed E-state index contributed by atoms with van der Waals surface area (Å²) in [6.07, 6.45) is -3.53. The van der Waals surface area contributed by atoms with Gasteiger partial charge in [-0.2, -0.15) is 13.2 Å². The van der Waals surface area contributed by atoms with Crippen molar-refractivity contribution in [3.63, 3.8) is 0 Å². The maximum atomic E-state index is 12.1. The van der Waals surface area contributed by atoms with E-state index >= 15 is 0 Å². The monoisotopic (exact) mass is 367 g/mol. The van der Waals surface area contributed by atoms with Crippen molar-refractivity contribution < 1.29 is 17.9 Å². The van der Waals surface area contributed by atoms with Crippen molar-refractivity contribution in [3.05, 3.63) is 27.7 Å². The predicted octanol–water partition coefficient (Wildman–Crippen LogP) is 4.76. The van der Waals surface area contributed by atoms with E-state index in [0.717, 1.165) is 22.0 Å². The Morgan fingerprint density at radius 3 is 2.57 bits per heavy atom. The van der Waals surface area contributed by atoms with Gasteiger partial charge in [-0.15, -0.1) is 0 Å². The topological polar surface area (TPSA) is 35.2 Å². The summed E-state index contributed by atoms with van der Waals surface area (Å²) >= 11 is 3.42. The summed E-state index contributed by atoms with van der Waals surface area (Å²) in [6, 6.07) is 3.82. The van der Waals surface area contributed by atoms with E-state index in [4.69, 9.17) is 10.5 Å². The van der Waals surface area contributed by atoms with Gasteiger partial charge in [0, 0.05) is 16.9 Å². The summed E-state index contributed by atoms with van der Waals surface area (Å²) in [5.41, 5.74) is 7.80. The second kappa shape index (κ2) is 8.03. The minimum Gasteiger partial charge on any atom is -0.493 e. The number of alkyl halides is 3. The quantitative estimate of drug-likeness (QED) is 0.705. The van der Waals surface area contributed by atoms with Crippen LogP contribution in [0, 0.1) is 6.92 Å². The van der Waals surface area contributed by atoms with E-state index < -0.39 is 12.6 Å². The van der Waals surface area contributed by atoms with Gasteiger partial charge < -0.3 is 10.5 Å². The maximum Gasteiger partial charge on any atom is 0.389 e. The van der Waals surface area contributed by atoms with Crippen LogP contribution in [0.4, 0.5) is 13.2 Å². The van der Waals surface area contributed by atoms with Crippen molar-refractivity contribution in [3.8, 4) is 5.75 Å². The van der Waals surface area contributed by atoms with E-state index in [1.165, 1.54) is 0 Å². The van der Waals surface area contributed by atoms with Gasteiger partial charge in [-0.1, -0.05) is 22.9 Å². The second-order valence-corrected chi connectivity index (χ2v) is 6.07. The standard InChI is InChI=1S/C15H21BrF3NO/c1-3-13(20)9-11-8-12(16)7-10(2)14(11)21-6-4-5-15(17,18)19/h7-8,13H,3-6,9,20H2,1-2H3. The summed E-state index contributed by atoms with van der Waals surface area (Å²) < 4.78 is 42.9. The van der Waals surface area contributed by atoms with Crippen LogP contribution >= 0.6 is 15.9 Å². The Balaban J connectivity index is 2.75. The van der Waals surface area contributed by atoms with E-state index in [0.29, 0.717) is 12.2 Å². The zero-order valence-electron chi connectivity index (χ0n) is 12.3. The number of nitrogens with two attached hydrogens (primary N) is 1. The molecule has 21 heavy (non-hydrogen) atoms. The van der Waals surface area contributed by atoms with Crippen LogP contribution < -0.4 is 10.5 Å². The Kier molecular flexibility index (Phi) is 7.00. The highest BCUT2D eigenvalue weighted by Gasteiger charge is 2.26. The number of aryl methyl sites for hydroxylation is 1. The fourth-order valence-electron chi connectivity index (χ4n) is 2.03. The molecule has 0 fully saturated rings. The Morgan fingerprint density at radius 2 is 2.00 bits per heavy atom. The van der Waals surface area contributed by atoms with Crippen LogP contribution in [0.2, 0.25) is 0 Å². The summed E-state index contributed by atoms with van der Waals surface area (Å²) in [7, 11) is 0. The molecule has 1 aromatic carbocycles. The third-order valence-corrected chi connectivity index (χ3v) is 3.63. The molecule has 0 aliphatic heterocycles. The van der Waals surface area contributed by atoms with Gasteiger partial charge in [-0.3, -0.25) is 0 Å². The number of halogens is 4. The zero-order valence-corrected chi connectivity index (χ0v) is 13.9. The van der Waals surface area contributed by atoms with Crippen molar-refractivity contribution in [2.75, 3.05) is 6.61 Å². The first kappa shape index (κ1) is 18.3. The molecule has 6 heteroatoms. The number of rotatable bonds is 7. The van der Waals surface area contributed by atoms with Crippen LogP contribution in [0.3, 0.4) is 0 Å². The molecule has 1 unspecified atom stereocenters. The van der Waals surface area contributed by atoms with E-state index in [9.17, 15) is 13.2 Å². The molecule has 1 aromatic rings. The summed E-state index contributed by atoms with van der Waals surface area (Å²) in [5.74, 6) is 0.657. The molecule has 2 N–H and O–H groups in total. The van der Waals surface area contributed by atoms with E-state index in [1.54, 1.807) is 0 Å². The molecule has 0 aromatic heterocycles. The third kappa shape index (κ3) is 6.70. The molecule has 0 spiro atoms. The zero-order chi connectivity index (χ0) is 16.0. The van der Waals surface area contributed by atoms with Gasteiger partial charge in [-0.05, 0) is 49.4 Å². The molecule has 0 aliphatic rings. The van der Waals surface area contributed by atoms with Crippen LogP contribution in [0.15, 0.2) is 16.6 Å². The van der Waals surface area contributed by atoms with Gasteiger partial charge in [-0.25, -0.2) is 0 Å². The Morgan fingerprint density at radius 1 is 1.33 bits per heavy atom. The molecule has 0 radical (unpaired) electrons. The molecular weight excluding hydrogens is 347 g/mol. The van der Waals surface area contributed by atoms with Crippen LogP contribution in [0.5, 0.6) is 5.75 Å². The molecule has 0 saturated carbocycles. The van der Waals surface area contributed by atoms with Gasteiger partial charge >= 0.3 is 6.18 Å². The first-order valence-electron chi connectivity index (χ1n) is 6.97. The molecule has 120 valence electrons. The van der Waals surface area contributed by atoms with E-state index in [-0.39, 0.29) is 19.1 Å². The lowest BCUT2D eigenvalue weighted by molar-refractivity contribution is -0.136. The van der Waals surface area contributed by atoms with Crippen LogP contribution in [0.25, 0.3) is 0 Å². The van der Waals surface area contributed by atoms with Crippen molar-refractivity contribution in [2.24, 2.45) is 5.73 Å². The number of benzene rings is 1. The van der Waals surface area contributed by atoms with Gasteiger partial charge in [0.15, 0.2) is 0 Å². The minimum atomic E-state index is -4.13. The normalized spacial score (nSPS) is 13.3. The maximum absolute atomic E-state index is 12.1. The Hall–Kier alpha value is -0.750. The average molecular weight is 368 g/mol. The summed E-state index contributed by atoms with van der Waals surface area (Å²) in [6.45, 7) is 3.93. The lowest BCUT2D eigenvalue weighted by Crippen LogP contribution is -2.22. The molecule has 0 heterocycles. The average Bonchev–Trinajstić information content (AvgIpc) is 2.35. The first-order valence-corrected chi connectivity index (χ1v) is 7.76. The van der Waals surface area contributed by atoms with Crippen molar-refractivity contribution in [2.45, 2.75) is 51.7 Å². The van der Waals surface area contributed by atoms with Gasteiger partial charge in [0.25, 0.3) is 0 Å². The molecule has 2 nitrogen and oxygen atoms in total. The number of ether oxygens (including phenoxy) is 1. The number of hydrogen-bond donors (Lipinski definition) is 1. The van der Waals surface area contributed by atoms with Gasteiger partial charge in [0.05, 0.1) is 6.61 Å². The Bertz CT molecular complexity index is 463. The van der Waals surface area contributed by atoms with Crippen LogP contribution in [-0.2, 0) is 6.42 Å². The molecule has 1 atom stereocenters. The fourth-order valence-corrected chi connectivity index (χ4v) is 2.65. The summed E-state index contributed by atoms with van der Waals surface area (Å²) in [5, 5.41) is 0. The highest BCUT2D eigenvalue weighted by atomic mass is 79.9. The lowest BCUT2D eigenvalue weighted by atomic mass is 10.0. The van der Waals surface area contributed by atoms with Gasteiger partial charge in [0.1, 0.15) is 5.75 Å². The molecule has 0 aliphatic carbocycles. The second-order valence-electron chi connectivity index (χ2n) is 5.15. The SMILES string of the molecule is CCC(N)Cc1cc(Br)cc(C)c1OCCCC(F)(F)F. The van der Waals surface area contributed by atoms with E-state index in [2.05, 4.69) is 15.9 Å². The molecular formula is C15H21BrF3NO. The van der Waals surface area contributed by atoms with Crippen molar-refractivity contribution in [1.29, 1.82) is 0 Å². The fraction of sp³-hybridized carbons (Fsp3) is 0.600. The molecule has 0 amide bonds. The smallest absolute Gasteiger partial charge is 0.389 e. The molecule has 1 rings (SSSR count). The van der Waals surface area contributed by atoms with Crippen LogP contribution in [-0.4, -0.2) is 18.8 Å². The van der Waals surface area contributed by atoms with Crippen molar-refractivity contribution in [1.82, 2.24) is 0 Å². The molecule has 0 bridgehead atoms. The van der Waals surface area contributed by atoms with E-state index in [1.807, 2.05) is 26.0 Å². The van der Waals surface area contributed by atoms with Gasteiger partial charge in [0.2, 0.25) is 0 Å². The highest BCUT2D eigenvalue weighted by Crippen LogP contribution is 2.30. The predicted molar refractivity (Wildman–Crippen MR) is 81.6 cm³/mol. The lowest BCUT2D eigenvalue weighted by Gasteiger charge is -2.17. The first-order chi connectivity index (χ1) is 9.73. The van der Waals surface area contributed by atoms with Crippen molar-refractivity contribution >= 4 is 15.9 Å². The Labute approximate surface area is 132 Å². The largest absolute Gasteiger partial charge is 0.493 e. The minimum absolute atomic E-state index is 0.0104. The molecule has 0 saturated heterocycles. The van der Waals surface area contributed by atoms with Crippen LogP contribution in [0.1, 0.15) is 37.3 Å². The summed E-state index contributed by atoms with van der Waals surface area (Å²) in [4.78, 5) is 0.